The fraction of sp³-hybridized carbons (Fsp3) is 0.176. The van der Waals surface area contributed by atoms with Crippen LogP contribution in [0.4, 0.5) is 5.69 Å². The smallest absolute Gasteiger partial charge is 0.259 e. The Kier molecular flexibility index (Phi) is 5.99. The number of anilines is 1. The van der Waals surface area contributed by atoms with E-state index in [9.17, 15) is 4.79 Å². The summed E-state index contributed by atoms with van der Waals surface area (Å²) in [6.45, 7) is 0.131. The fourth-order valence-electron chi connectivity index (χ4n) is 1.80. The van der Waals surface area contributed by atoms with Gasteiger partial charge in [0.2, 0.25) is 0 Å². The average molecular weight is 313 g/mol. The van der Waals surface area contributed by atoms with Gasteiger partial charge in [0.05, 0.1) is 27.0 Å². The van der Waals surface area contributed by atoms with Crippen molar-refractivity contribution in [3.8, 4) is 11.5 Å². The van der Waals surface area contributed by atoms with Crippen LogP contribution in [-0.4, -0.2) is 32.9 Å². The molecule has 0 aromatic heterocycles. The molecule has 0 saturated heterocycles. The summed E-state index contributed by atoms with van der Waals surface area (Å²) >= 11 is 0. The van der Waals surface area contributed by atoms with Crippen LogP contribution in [0.15, 0.2) is 53.6 Å². The Morgan fingerprint density at radius 3 is 2.13 bits per heavy atom. The third kappa shape index (κ3) is 5.35. The molecule has 120 valence electrons. The SMILES string of the molecule is COc1ccc(C=NNC(=O)CNc2ccc(OC)cc2)cc1. The molecule has 0 bridgehead atoms. The lowest BCUT2D eigenvalue weighted by Crippen LogP contribution is -2.25. The van der Waals surface area contributed by atoms with Gasteiger partial charge >= 0.3 is 0 Å². The summed E-state index contributed by atoms with van der Waals surface area (Å²) in [5.74, 6) is 1.31. The minimum Gasteiger partial charge on any atom is -0.497 e. The number of nitrogens with zero attached hydrogens (tertiary/aromatic N) is 1. The van der Waals surface area contributed by atoms with Crippen LogP contribution >= 0.6 is 0 Å². The van der Waals surface area contributed by atoms with Crippen molar-refractivity contribution in [2.24, 2.45) is 5.10 Å². The van der Waals surface area contributed by atoms with Gasteiger partial charge in [0.15, 0.2) is 0 Å². The van der Waals surface area contributed by atoms with E-state index in [0.29, 0.717) is 0 Å². The highest BCUT2D eigenvalue weighted by Crippen LogP contribution is 2.14. The summed E-state index contributed by atoms with van der Waals surface area (Å²) in [6.07, 6.45) is 1.57. The van der Waals surface area contributed by atoms with Crippen molar-refractivity contribution in [3.05, 3.63) is 54.1 Å². The topological polar surface area (TPSA) is 72.0 Å². The summed E-state index contributed by atoms with van der Waals surface area (Å²) in [4.78, 5) is 11.7. The van der Waals surface area contributed by atoms with Crippen LogP contribution in [0.2, 0.25) is 0 Å². The largest absolute Gasteiger partial charge is 0.497 e. The second kappa shape index (κ2) is 8.43. The Bertz CT molecular complexity index is 652. The molecule has 0 aliphatic heterocycles. The third-order valence-electron chi connectivity index (χ3n) is 3.06. The zero-order valence-electron chi connectivity index (χ0n) is 13.1. The number of rotatable bonds is 7. The molecule has 2 aromatic rings. The molecule has 6 nitrogen and oxygen atoms in total. The Balaban J connectivity index is 1.76. The number of carbonyl (C=O) groups is 1. The van der Waals surface area contributed by atoms with Crippen molar-refractivity contribution in [2.75, 3.05) is 26.1 Å². The molecular weight excluding hydrogens is 294 g/mol. The van der Waals surface area contributed by atoms with Crippen LogP contribution in [0, 0.1) is 0 Å². The number of hydrogen-bond acceptors (Lipinski definition) is 5. The van der Waals surface area contributed by atoms with E-state index >= 15 is 0 Å². The minimum absolute atomic E-state index is 0.131. The van der Waals surface area contributed by atoms with Crippen LogP contribution < -0.4 is 20.2 Å². The highest BCUT2D eigenvalue weighted by atomic mass is 16.5. The molecule has 0 aliphatic rings. The highest BCUT2D eigenvalue weighted by molar-refractivity contribution is 5.84. The third-order valence-corrected chi connectivity index (χ3v) is 3.06. The first-order valence-electron chi connectivity index (χ1n) is 7.05. The molecule has 2 N–H and O–H groups in total. The average Bonchev–Trinajstić information content (AvgIpc) is 2.61. The number of amides is 1. The van der Waals surface area contributed by atoms with Gasteiger partial charge in [0.1, 0.15) is 11.5 Å². The lowest BCUT2D eigenvalue weighted by Gasteiger charge is -2.06. The van der Waals surface area contributed by atoms with Gasteiger partial charge in [-0.05, 0) is 54.1 Å². The Morgan fingerprint density at radius 1 is 1.00 bits per heavy atom. The first-order valence-corrected chi connectivity index (χ1v) is 7.05. The predicted molar refractivity (Wildman–Crippen MR) is 90.2 cm³/mol. The molecule has 0 aliphatic carbocycles. The number of carbonyl (C=O) groups excluding carboxylic acids is 1. The number of methoxy groups -OCH3 is 2. The van der Waals surface area contributed by atoms with Crippen molar-refractivity contribution < 1.29 is 14.3 Å². The quantitative estimate of drug-likeness (QED) is 0.607. The Morgan fingerprint density at radius 2 is 1.57 bits per heavy atom. The van der Waals surface area contributed by atoms with Gasteiger partial charge in [-0.1, -0.05) is 0 Å². The number of benzene rings is 2. The summed E-state index contributed by atoms with van der Waals surface area (Å²) in [5, 5.41) is 6.91. The summed E-state index contributed by atoms with van der Waals surface area (Å²) in [5.41, 5.74) is 4.17. The maximum Gasteiger partial charge on any atom is 0.259 e. The maximum absolute atomic E-state index is 11.7. The number of hydrogen-bond donors (Lipinski definition) is 2. The van der Waals surface area contributed by atoms with Crippen molar-refractivity contribution in [1.29, 1.82) is 0 Å². The van der Waals surface area contributed by atoms with Crippen LogP contribution in [-0.2, 0) is 4.79 Å². The molecular formula is C17H19N3O3. The second-order valence-corrected chi connectivity index (χ2v) is 4.65. The van der Waals surface area contributed by atoms with Gasteiger partial charge in [-0.2, -0.15) is 5.10 Å². The first-order chi connectivity index (χ1) is 11.2. The van der Waals surface area contributed by atoms with Crippen molar-refractivity contribution >= 4 is 17.8 Å². The maximum atomic E-state index is 11.7. The molecule has 0 fully saturated rings. The van der Waals surface area contributed by atoms with Gasteiger partial charge in [0, 0.05) is 5.69 Å². The van der Waals surface area contributed by atoms with E-state index in [2.05, 4.69) is 15.8 Å². The number of ether oxygens (including phenoxy) is 2. The molecule has 0 unspecified atom stereocenters. The molecule has 23 heavy (non-hydrogen) atoms. The van der Waals surface area contributed by atoms with E-state index in [-0.39, 0.29) is 12.5 Å². The molecule has 0 atom stereocenters. The van der Waals surface area contributed by atoms with E-state index < -0.39 is 0 Å². The Labute approximate surface area is 135 Å². The molecule has 0 heterocycles. The molecule has 6 heteroatoms. The summed E-state index contributed by atoms with van der Waals surface area (Å²) < 4.78 is 10.1. The number of hydrazone groups is 1. The monoisotopic (exact) mass is 313 g/mol. The Hall–Kier alpha value is -3.02. The normalized spacial score (nSPS) is 10.3. The molecule has 1 amide bonds. The molecule has 2 rings (SSSR count). The highest BCUT2D eigenvalue weighted by Gasteiger charge is 2.00. The van der Waals surface area contributed by atoms with Gasteiger partial charge < -0.3 is 14.8 Å². The molecule has 0 saturated carbocycles. The predicted octanol–water partition coefficient (Wildman–Crippen LogP) is 2.27. The van der Waals surface area contributed by atoms with Crippen LogP contribution in [0.1, 0.15) is 5.56 Å². The lowest BCUT2D eigenvalue weighted by molar-refractivity contribution is -0.119. The zero-order valence-corrected chi connectivity index (χ0v) is 13.1. The van der Waals surface area contributed by atoms with Gasteiger partial charge in [0.25, 0.3) is 5.91 Å². The zero-order chi connectivity index (χ0) is 16.5. The van der Waals surface area contributed by atoms with Crippen LogP contribution in [0.5, 0.6) is 11.5 Å². The van der Waals surface area contributed by atoms with Crippen molar-refractivity contribution in [2.45, 2.75) is 0 Å². The van der Waals surface area contributed by atoms with Crippen LogP contribution in [0.3, 0.4) is 0 Å². The van der Waals surface area contributed by atoms with Crippen molar-refractivity contribution in [3.63, 3.8) is 0 Å². The minimum atomic E-state index is -0.231. The van der Waals surface area contributed by atoms with E-state index in [1.807, 2.05) is 48.5 Å². The molecule has 0 radical (unpaired) electrons. The lowest BCUT2D eigenvalue weighted by atomic mass is 10.2. The van der Waals surface area contributed by atoms with Gasteiger partial charge in [-0.15, -0.1) is 0 Å². The summed E-state index contributed by atoms with van der Waals surface area (Å²) in [7, 11) is 3.22. The van der Waals surface area contributed by atoms with E-state index in [1.165, 1.54) is 0 Å². The van der Waals surface area contributed by atoms with Crippen LogP contribution in [0.25, 0.3) is 0 Å². The van der Waals surface area contributed by atoms with Crippen molar-refractivity contribution in [1.82, 2.24) is 5.43 Å². The molecule has 2 aromatic carbocycles. The molecule has 0 spiro atoms. The first kappa shape index (κ1) is 16.4. The van der Waals surface area contributed by atoms with E-state index in [1.54, 1.807) is 20.4 Å². The van der Waals surface area contributed by atoms with Gasteiger partial charge in [-0.25, -0.2) is 5.43 Å². The van der Waals surface area contributed by atoms with E-state index in [0.717, 1.165) is 22.7 Å². The second-order valence-electron chi connectivity index (χ2n) is 4.65. The summed E-state index contributed by atoms with van der Waals surface area (Å²) in [6, 6.07) is 14.7. The fourth-order valence-corrected chi connectivity index (χ4v) is 1.80. The van der Waals surface area contributed by atoms with Gasteiger partial charge in [-0.3, -0.25) is 4.79 Å². The number of nitrogens with one attached hydrogen (secondary N) is 2. The van der Waals surface area contributed by atoms with E-state index in [4.69, 9.17) is 9.47 Å². The standard InChI is InChI=1S/C17H19N3O3/c1-22-15-7-3-13(4-8-15)11-19-20-17(21)12-18-14-5-9-16(23-2)10-6-14/h3-11,18H,12H2,1-2H3,(H,20,21).